The number of carbonyl (C=O) groups excluding carboxylic acids is 1. The third-order valence-electron chi connectivity index (χ3n) is 3.17. The van der Waals surface area contributed by atoms with Crippen molar-refractivity contribution >= 4 is 5.97 Å². The highest BCUT2D eigenvalue weighted by Gasteiger charge is 2.63. The second-order valence-electron chi connectivity index (χ2n) is 4.55. The molecule has 2 atom stereocenters. The standard InChI is InChI=1S/C11H16O2/c1-8(2)4-3-5-11-6-9(11)10(12)13-7-11/h4,9H,3,5-7H2,1-2H3. The van der Waals surface area contributed by atoms with E-state index in [1.807, 2.05) is 0 Å². The average molecular weight is 180 g/mol. The van der Waals surface area contributed by atoms with Crippen LogP contribution in [0.1, 0.15) is 33.1 Å². The minimum absolute atomic E-state index is 0.0391. The van der Waals surface area contributed by atoms with Gasteiger partial charge in [-0.25, -0.2) is 0 Å². The van der Waals surface area contributed by atoms with Crippen LogP contribution >= 0.6 is 0 Å². The molecule has 0 N–H and O–H groups in total. The molecule has 0 aromatic rings. The molecule has 0 aromatic carbocycles. The van der Waals surface area contributed by atoms with Crippen molar-refractivity contribution in [3.63, 3.8) is 0 Å². The van der Waals surface area contributed by atoms with E-state index in [2.05, 4.69) is 19.9 Å². The SMILES string of the molecule is CC(C)=CCCC12COC(=O)C1C2. The van der Waals surface area contributed by atoms with Crippen LogP contribution in [0.25, 0.3) is 0 Å². The molecule has 0 radical (unpaired) electrons. The molecule has 2 rings (SSSR count). The van der Waals surface area contributed by atoms with Crippen molar-refractivity contribution in [2.75, 3.05) is 6.61 Å². The Balaban J connectivity index is 1.84. The zero-order chi connectivity index (χ0) is 9.47. The van der Waals surface area contributed by atoms with Crippen LogP contribution in [0.5, 0.6) is 0 Å². The highest BCUT2D eigenvalue weighted by atomic mass is 16.5. The maximum atomic E-state index is 11.1. The largest absolute Gasteiger partial charge is 0.465 e. The van der Waals surface area contributed by atoms with E-state index in [-0.39, 0.29) is 17.3 Å². The molecule has 2 aliphatic rings. The van der Waals surface area contributed by atoms with Crippen LogP contribution in [-0.2, 0) is 9.53 Å². The molecule has 2 fully saturated rings. The summed E-state index contributed by atoms with van der Waals surface area (Å²) in [5, 5.41) is 0. The van der Waals surface area contributed by atoms with Crippen LogP contribution < -0.4 is 0 Å². The van der Waals surface area contributed by atoms with Crippen LogP contribution in [-0.4, -0.2) is 12.6 Å². The molecule has 2 unspecified atom stereocenters. The van der Waals surface area contributed by atoms with Gasteiger partial charge in [-0.3, -0.25) is 4.79 Å². The smallest absolute Gasteiger partial charge is 0.309 e. The van der Waals surface area contributed by atoms with E-state index in [9.17, 15) is 4.79 Å². The highest BCUT2D eigenvalue weighted by Crippen LogP contribution is 2.60. The number of esters is 1. The Morgan fingerprint density at radius 3 is 2.92 bits per heavy atom. The van der Waals surface area contributed by atoms with Gasteiger partial charge in [0.05, 0.1) is 12.5 Å². The van der Waals surface area contributed by atoms with Crippen molar-refractivity contribution in [2.24, 2.45) is 11.3 Å². The lowest BCUT2D eigenvalue weighted by Crippen LogP contribution is -2.04. The first-order chi connectivity index (χ1) is 6.14. The lowest BCUT2D eigenvalue weighted by Gasteiger charge is -2.07. The molecule has 1 saturated heterocycles. The van der Waals surface area contributed by atoms with Gasteiger partial charge in [-0.15, -0.1) is 0 Å². The summed E-state index contributed by atoms with van der Waals surface area (Å²) in [5.41, 5.74) is 1.61. The topological polar surface area (TPSA) is 26.3 Å². The van der Waals surface area contributed by atoms with E-state index in [0.717, 1.165) is 19.3 Å². The molecule has 13 heavy (non-hydrogen) atoms. The van der Waals surface area contributed by atoms with Crippen molar-refractivity contribution < 1.29 is 9.53 Å². The molecule has 0 spiro atoms. The van der Waals surface area contributed by atoms with Crippen LogP contribution in [0.15, 0.2) is 11.6 Å². The van der Waals surface area contributed by atoms with Crippen molar-refractivity contribution in [3.8, 4) is 0 Å². The van der Waals surface area contributed by atoms with Gasteiger partial charge in [0, 0.05) is 5.41 Å². The summed E-state index contributed by atoms with van der Waals surface area (Å²) in [5.74, 6) is 0.287. The summed E-state index contributed by atoms with van der Waals surface area (Å²) in [6.45, 7) is 4.89. The van der Waals surface area contributed by atoms with Gasteiger partial charge in [-0.2, -0.15) is 0 Å². The van der Waals surface area contributed by atoms with Gasteiger partial charge >= 0.3 is 5.97 Å². The monoisotopic (exact) mass is 180 g/mol. The Morgan fingerprint density at radius 1 is 1.69 bits per heavy atom. The van der Waals surface area contributed by atoms with E-state index in [1.165, 1.54) is 5.57 Å². The molecule has 1 saturated carbocycles. The highest BCUT2D eigenvalue weighted by molar-refractivity contribution is 5.79. The second-order valence-corrected chi connectivity index (χ2v) is 4.55. The Bertz CT molecular complexity index is 263. The van der Waals surface area contributed by atoms with Crippen molar-refractivity contribution in [2.45, 2.75) is 33.1 Å². The Hall–Kier alpha value is -0.790. The molecule has 0 amide bonds. The average Bonchev–Trinajstić information content (AvgIpc) is 2.69. The minimum Gasteiger partial charge on any atom is -0.465 e. The van der Waals surface area contributed by atoms with E-state index in [1.54, 1.807) is 0 Å². The molecule has 0 bridgehead atoms. The molecule has 2 nitrogen and oxygen atoms in total. The van der Waals surface area contributed by atoms with Crippen molar-refractivity contribution in [1.29, 1.82) is 0 Å². The number of fused-ring (bicyclic) bond motifs is 1. The Morgan fingerprint density at radius 2 is 2.46 bits per heavy atom. The van der Waals surface area contributed by atoms with Crippen LogP contribution in [0, 0.1) is 11.3 Å². The van der Waals surface area contributed by atoms with Gasteiger partial charge in [-0.05, 0) is 33.1 Å². The Kier molecular flexibility index (Phi) is 1.94. The second kappa shape index (κ2) is 2.86. The maximum Gasteiger partial charge on any atom is 0.309 e. The number of cyclic esters (lactones) is 1. The minimum atomic E-state index is 0.0391. The quantitative estimate of drug-likeness (QED) is 0.492. The van der Waals surface area contributed by atoms with Gasteiger partial charge in [0.2, 0.25) is 0 Å². The number of hydrogen-bond donors (Lipinski definition) is 0. The maximum absolute atomic E-state index is 11.1. The van der Waals surface area contributed by atoms with E-state index < -0.39 is 0 Å². The van der Waals surface area contributed by atoms with Crippen LogP contribution in [0.2, 0.25) is 0 Å². The first-order valence-electron chi connectivity index (χ1n) is 4.94. The van der Waals surface area contributed by atoms with Crippen molar-refractivity contribution in [3.05, 3.63) is 11.6 Å². The molecule has 2 heteroatoms. The third kappa shape index (κ3) is 1.50. The molecule has 0 aromatic heterocycles. The molecule has 1 heterocycles. The first-order valence-corrected chi connectivity index (χ1v) is 4.94. The number of ether oxygens (including phenoxy) is 1. The summed E-state index contributed by atoms with van der Waals surface area (Å²) < 4.78 is 5.02. The van der Waals surface area contributed by atoms with Crippen LogP contribution in [0.3, 0.4) is 0 Å². The number of hydrogen-bond acceptors (Lipinski definition) is 2. The Labute approximate surface area is 79.0 Å². The molecular weight excluding hydrogens is 164 g/mol. The summed E-state index contributed by atoms with van der Waals surface area (Å²) in [6.07, 6.45) is 5.53. The van der Waals surface area contributed by atoms with Crippen LogP contribution in [0.4, 0.5) is 0 Å². The third-order valence-corrected chi connectivity index (χ3v) is 3.17. The van der Waals surface area contributed by atoms with Gasteiger partial charge in [0.1, 0.15) is 0 Å². The van der Waals surface area contributed by atoms with Gasteiger partial charge in [-0.1, -0.05) is 11.6 Å². The predicted molar refractivity (Wildman–Crippen MR) is 50.2 cm³/mol. The molecule has 1 aliphatic heterocycles. The zero-order valence-corrected chi connectivity index (χ0v) is 8.30. The molecule has 1 aliphatic carbocycles. The van der Waals surface area contributed by atoms with Gasteiger partial charge in [0.25, 0.3) is 0 Å². The number of carbonyl (C=O) groups is 1. The van der Waals surface area contributed by atoms with Gasteiger partial charge < -0.3 is 4.74 Å². The summed E-state index contributed by atoms with van der Waals surface area (Å²) in [4.78, 5) is 11.1. The lowest BCUT2D eigenvalue weighted by atomic mass is 9.99. The number of rotatable bonds is 3. The van der Waals surface area contributed by atoms with E-state index in [0.29, 0.717) is 6.61 Å². The molecular formula is C11H16O2. The van der Waals surface area contributed by atoms with Crippen molar-refractivity contribution in [1.82, 2.24) is 0 Å². The fourth-order valence-electron chi connectivity index (χ4n) is 2.15. The fourth-order valence-corrected chi connectivity index (χ4v) is 2.15. The summed E-state index contributed by atoms with van der Waals surface area (Å²) in [6, 6.07) is 0. The predicted octanol–water partition coefficient (Wildman–Crippen LogP) is 2.30. The fraction of sp³-hybridized carbons (Fsp3) is 0.727. The molecule has 72 valence electrons. The zero-order valence-electron chi connectivity index (χ0n) is 8.30. The normalized spacial score (nSPS) is 35.2. The number of allylic oxidation sites excluding steroid dienone is 2. The van der Waals surface area contributed by atoms with E-state index >= 15 is 0 Å². The lowest BCUT2D eigenvalue weighted by molar-refractivity contribution is -0.141. The van der Waals surface area contributed by atoms with E-state index in [4.69, 9.17) is 4.74 Å². The van der Waals surface area contributed by atoms with Gasteiger partial charge in [0.15, 0.2) is 0 Å². The summed E-state index contributed by atoms with van der Waals surface area (Å²) >= 11 is 0. The first kappa shape index (κ1) is 8.79. The summed E-state index contributed by atoms with van der Waals surface area (Å²) in [7, 11) is 0.